The maximum absolute atomic E-state index is 13.8. The number of carbonyl (C=O) groups excluding carboxylic acids is 1. The Morgan fingerprint density at radius 1 is 1.15 bits per heavy atom. The number of aliphatic hydroxyl groups excluding tert-OH is 1. The van der Waals surface area contributed by atoms with E-state index in [-0.39, 0.29) is 62.5 Å². The first kappa shape index (κ1) is 28.1. The van der Waals surface area contributed by atoms with Gasteiger partial charge in [0.2, 0.25) is 0 Å². The van der Waals surface area contributed by atoms with Gasteiger partial charge in [0, 0.05) is 18.2 Å². The fourth-order valence-corrected chi connectivity index (χ4v) is 4.55. The minimum absolute atomic E-state index is 0. The molecule has 0 fully saturated rings. The highest BCUT2D eigenvalue weighted by molar-refractivity contribution is 7.59. The molecule has 8 nitrogen and oxygen atoms in total. The third kappa shape index (κ3) is 5.48. The molecule has 0 saturated heterocycles. The Hall–Kier alpha value is -3.89. The van der Waals surface area contributed by atoms with Crippen LogP contribution in [-0.2, 0) is 24.3 Å². The SMILES string of the molecule is CCOC(=O)c1c(OCc2ccccc2)c2ncc(Cc3ccc(F)cc3)c3c2n(c1=O)C[C@@](C)(CO)O3.S. The van der Waals surface area contributed by atoms with Crippen LogP contribution in [0.15, 0.2) is 65.6 Å². The zero-order chi connectivity index (χ0) is 26.9. The van der Waals surface area contributed by atoms with E-state index in [1.165, 1.54) is 16.7 Å². The topological polar surface area (TPSA) is 99.9 Å². The van der Waals surface area contributed by atoms with Gasteiger partial charge in [0.25, 0.3) is 5.56 Å². The van der Waals surface area contributed by atoms with Crippen LogP contribution in [0, 0.1) is 5.82 Å². The van der Waals surface area contributed by atoms with Crippen molar-refractivity contribution in [2.45, 2.75) is 39.0 Å². The van der Waals surface area contributed by atoms with Gasteiger partial charge in [-0.3, -0.25) is 14.3 Å². The highest BCUT2D eigenvalue weighted by Crippen LogP contribution is 2.40. The largest absolute Gasteiger partial charge is 0.485 e. The molecule has 0 unspecified atom stereocenters. The second-order valence-electron chi connectivity index (χ2n) is 9.41. The van der Waals surface area contributed by atoms with E-state index in [4.69, 9.17) is 14.2 Å². The van der Waals surface area contributed by atoms with Crippen LogP contribution in [0.1, 0.15) is 40.9 Å². The monoisotopic (exact) mass is 552 g/mol. The molecule has 0 amide bonds. The predicted octanol–water partition coefficient (Wildman–Crippen LogP) is 4.14. The predicted molar refractivity (Wildman–Crippen MR) is 148 cm³/mol. The van der Waals surface area contributed by atoms with Crippen LogP contribution in [0.5, 0.6) is 11.5 Å². The van der Waals surface area contributed by atoms with E-state index in [1.54, 1.807) is 32.2 Å². The molecule has 0 spiro atoms. The molecule has 2 aromatic heterocycles. The van der Waals surface area contributed by atoms with Crippen molar-refractivity contribution in [3.8, 4) is 11.5 Å². The molecule has 1 atom stereocenters. The van der Waals surface area contributed by atoms with Gasteiger partial charge in [-0.05, 0) is 37.1 Å². The van der Waals surface area contributed by atoms with E-state index in [2.05, 4.69) is 4.98 Å². The number of pyridine rings is 2. The summed E-state index contributed by atoms with van der Waals surface area (Å²) < 4.78 is 32.5. The Balaban J connectivity index is 0.00000353. The van der Waals surface area contributed by atoms with Crippen LogP contribution in [0.3, 0.4) is 0 Å². The molecule has 39 heavy (non-hydrogen) atoms. The molecule has 10 heteroatoms. The van der Waals surface area contributed by atoms with Gasteiger partial charge in [0.05, 0.1) is 19.8 Å². The lowest BCUT2D eigenvalue weighted by Gasteiger charge is -2.36. The highest BCUT2D eigenvalue weighted by Gasteiger charge is 2.38. The molecule has 1 N–H and O–H groups in total. The lowest BCUT2D eigenvalue weighted by Crippen LogP contribution is -2.47. The second kappa shape index (κ2) is 11.5. The zero-order valence-corrected chi connectivity index (χ0v) is 22.6. The number of halogens is 1. The van der Waals surface area contributed by atoms with Crippen molar-refractivity contribution in [2.75, 3.05) is 13.2 Å². The van der Waals surface area contributed by atoms with Crippen molar-refractivity contribution in [2.24, 2.45) is 0 Å². The van der Waals surface area contributed by atoms with Gasteiger partial charge in [-0.1, -0.05) is 42.5 Å². The first-order valence-corrected chi connectivity index (χ1v) is 12.3. The average Bonchev–Trinajstić information content (AvgIpc) is 2.92. The van der Waals surface area contributed by atoms with E-state index in [0.717, 1.165) is 11.1 Å². The van der Waals surface area contributed by atoms with E-state index >= 15 is 0 Å². The number of hydrogen-bond donors (Lipinski definition) is 1. The summed E-state index contributed by atoms with van der Waals surface area (Å²) in [6.07, 6.45) is 1.93. The minimum Gasteiger partial charge on any atom is -0.485 e. The molecule has 1 aliphatic rings. The van der Waals surface area contributed by atoms with Gasteiger partial charge in [-0.15, -0.1) is 0 Å². The molecule has 0 bridgehead atoms. The Bertz CT molecular complexity index is 1560. The zero-order valence-electron chi connectivity index (χ0n) is 21.6. The highest BCUT2D eigenvalue weighted by atomic mass is 32.1. The summed E-state index contributed by atoms with van der Waals surface area (Å²) in [4.78, 5) is 31.5. The van der Waals surface area contributed by atoms with Crippen LogP contribution >= 0.6 is 13.5 Å². The summed E-state index contributed by atoms with van der Waals surface area (Å²) in [6.45, 7) is 3.11. The lowest BCUT2D eigenvalue weighted by atomic mass is 10.00. The Morgan fingerprint density at radius 3 is 2.54 bits per heavy atom. The molecular weight excluding hydrogens is 523 g/mol. The summed E-state index contributed by atoms with van der Waals surface area (Å²) in [7, 11) is 0. The van der Waals surface area contributed by atoms with Crippen LogP contribution in [0.25, 0.3) is 11.0 Å². The molecule has 4 aromatic rings. The van der Waals surface area contributed by atoms with Crippen LogP contribution in [0.2, 0.25) is 0 Å². The number of aliphatic hydroxyl groups is 1. The van der Waals surface area contributed by atoms with Crippen LogP contribution in [0.4, 0.5) is 4.39 Å². The second-order valence-corrected chi connectivity index (χ2v) is 9.41. The molecular formula is C29H29FN2O6S. The maximum atomic E-state index is 13.8. The molecule has 3 heterocycles. The quantitative estimate of drug-likeness (QED) is 0.328. The third-order valence-electron chi connectivity index (χ3n) is 6.44. The number of ether oxygens (including phenoxy) is 3. The number of hydrogen-bond acceptors (Lipinski definition) is 7. The Kier molecular flexibility index (Phi) is 8.27. The van der Waals surface area contributed by atoms with Gasteiger partial charge in [0.15, 0.2) is 17.1 Å². The number of esters is 1. The Morgan fingerprint density at radius 2 is 1.87 bits per heavy atom. The average molecular weight is 553 g/mol. The summed E-state index contributed by atoms with van der Waals surface area (Å²) >= 11 is 0. The van der Waals surface area contributed by atoms with E-state index in [1.807, 2.05) is 30.3 Å². The molecule has 2 aromatic carbocycles. The Labute approximate surface area is 231 Å². The van der Waals surface area contributed by atoms with Crippen molar-refractivity contribution in [1.29, 1.82) is 0 Å². The molecule has 204 valence electrons. The van der Waals surface area contributed by atoms with Crippen molar-refractivity contribution < 1.29 is 28.5 Å². The molecule has 0 saturated carbocycles. The smallest absolute Gasteiger partial charge is 0.347 e. The number of rotatable bonds is 8. The third-order valence-corrected chi connectivity index (χ3v) is 6.44. The van der Waals surface area contributed by atoms with Crippen molar-refractivity contribution in [3.63, 3.8) is 0 Å². The number of benzene rings is 2. The standard InChI is InChI=1S/C29H27FN2O6.H2S/c1-3-36-28(35)22-26(37-15-19-7-5-4-6-8-19)23-24-25(38-29(2,17-33)16-32(24)27(22)34)20(14-31-23)13-18-9-11-21(30)12-10-18;/h4-12,14,33H,3,13,15-17H2,1-2H3;1H2/t29-;/m0./s1. The molecule has 5 rings (SSSR count). The minimum atomic E-state index is -1.14. The number of nitrogens with zero attached hydrogens (tertiary/aromatic N) is 2. The fraction of sp³-hybridized carbons (Fsp3) is 0.276. The van der Waals surface area contributed by atoms with Crippen molar-refractivity contribution in [3.05, 3.63) is 99.2 Å². The normalized spacial score (nSPS) is 15.8. The first-order chi connectivity index (χ1) is 18.3. The number of aromatic nitrogens is 2. The van der Waals surface area contributed by atoms with Crippen LogP contribution < -0.4 is 15.0 Å². The summed E-state index contributed by atoms with van der Waals surface area (Å²) in [6, 6.07) is 15.4. The lowest BCUT2D eigenvalue weighted by molar-refractivity contribution is 0.00338. The van der Waals surface area contributed by atoms with Crippen LogP contribution in [-0.4, -0.2) is 39.4 Å². The van der Waals surface area contributed by atoms with Crippen molar-refractivity contribution in [1.82, 2.24) is 9.55 Å². The van der Waals surface area contributed by atoms with Gasteiger partial charge in [-0.25, -0.2) is 9.18 Å². The maximum Gasteiger partial charge on any atom is 0.347 e. The van der Waals surface area contributed by atoms with Gasteiger partial charge >= 0.3 is 5.97 Å². The fourth-order valence-electron chi connectivity index (χ4n) is 4.55. The summed E-state index contributed by atoms with van der Waals surface area (Å²) in [5, 5.41) is 10.1. The molecule has 1 aliphatic heterocycles. The van der Waals surface area contributed by atoms with Gasteiger partial charge in [0.1, 0.15) is 29.1 Å². The molecule has 0 radical (unpaired) electrons. The first-order valence-electron chi connectivity index (χ1n) is 12.3. The van der Waals surface area contributed by atoms with Crippen molar-refractivity contribution >= 4 is 30.5 Å². The van der Waals surface area contributed by atoms with E-state index in [0.29, 0.717) is 23.3 Å². The van der Waals surface area contributed by atoms with E-state index < -0.39 is 17.1 Å². The summed E-state index contributed by atoms with van der Waals surface area (Å²) in [5.74, 6) is -0.813. The summed E-state index contributed by atoms with van der Waals surface area (Å²) in [5.41, 5.74) is 0.880. The van der Waals surface area contributed by atoms with Gasteiger partial charge < -0.3 is 19.3 Å². The van der Waals surface area contributed by atoms with E-state index in [9.17, 15) is 19.1 Å². The molecule has 0 aliphatic carbocycles. The number of carbonyl (C=O) groups is 1. The van der Waals surface area contributed by atoms with Gasteiger partial charge in [-0.2, -0.15) is 13.5 Å².